The van der Waals surface area contributed by atoms with Gasteiger partial charge in [-0.15, -0.1) is 0 Å². The maximum absolute atomic E-state index is 11.4. The molecule has 1 N–H and O–H groups in total. The standard InChI is InChI=1S/C12H13ClN4O/c1-8-4-3-5-9(16-8)6-17(2)11-10(13)12(18)15-7-14-11/h3-5,7H,6H2,1-2H3,(H,14,15,18). The molecule has 5 nitrogen and oxygen atoms in total. The molecule has 0 atom stereocenters. The molecule has 18 heavy (non-hydrogen) atoms. The van der Waals surface area contributed by atoms with Crippen LogP contribution in [-0.2, 0) is 6.54 Å². The van der Waals surface area contributed by atoms with Crippen LogP contribution in [0.15, 0.2) is 29.3 Å². The van der Waals surface area contributed by atoms with Gasteiger partial charge in [0.1, 0.15) is 5.02 Å². The lowest BCUT2D eigenvalue weighted by molar-refractivity contribution is 0.852. The van der Waals surface area contributed by atoms with Gasteiger partial charge in [-0.05, 0) is 19.1 Å². The number of nitrogens with zero attached hydrogens (tertiary/aromatic N) is 3. The summed E-state index contributed by atoms with van der Waals surface area (Å²) in [5.74, 6) is 0.448. The summed E-state index contributed by atoms with van der Waals surface area (Å²) in [7, 11) is 1.82. The fourth-order valence-corrected chi connectivity index (χ4v) is 1.89. The Morgan fingerprint density at radius 2 is 2.22 bits per heavy atom. The summed E-state index contributed by atoms with van der Waals surface area (Å²) in [4.78, 5) is 24.1. The second kappa shape index (κ2) is 5.18. The van der Waals surface area contributed by atoms with Crippen LogP contribution in [0.3, 0.4) is 0 Å². The summed E-state index contributed by atoms with van der Waals surface area (Å²) in [6, 6.07) is 5.80. The van der Waals surface area contributed by atoms with E-state index in [1.807, 2.05) is 32.2 Å². The lowest BCUT2D eigenvalue weighted by Crippen LogP contribution is -2.22. The fourth-order valence-electron chi connectivity index (χ4n) is 1.65. The van der Waals surface area contributed by atoms with Gasteiger partial charge >= 0.3 is 0 Å². The van der Waals surface area contributed by atoms with Gasteiger partial charge in [-0.3, -0.25) is 9.78 Å². The molecule has 2 rings (SSSR count). The Balaban J connectivity index is 2.25. The zero-order valence-electron chi connectivity index (χ0n) is 10.1. The van der Waals surface area contributed by atoms with Crippen LogP contribution in [0.2, 0.25) is 5.02 Å². The van der Waals surface area contributed by atoms with E-state index in [2.05, 4.69) is 15.0 Å². The molecular weight excluding hydrogens is 252 g/mol. The Morgan fingerprint density at radius 3 is 2.94 bits per heavy atom. The highest BCUT2D eigenvalue weighted by atomic mass is 35.5. The minimum absolute atomic E-state index is 0.0904. The number of rotatable bonds is 3. The van der Waals surface area contributed by atoms with Gasteiger partial charge in [0.25, 0.3) is 5.56 Å². The Labute approximate surface area is 109 Å². The van der Waals surface area contributed by atoms with E-state index in [0.717, 1.165) is 11.4 Å². The van der Waals surface area contributed by atoms with Crippen LogP contribution in [0.1, 0.15) is 11.4 Å². The van der Waals surface area contributed by atoms with Crippen molar-refractivity contribution < 1.29 is 0 Å². The number of anilines is 1. The SMILES string of the molecule is Cc1cccc(CN(C)c2nc[nH]c(=O)c2Cl)n1. The van der Waals surface area contributed by atoms with Gasteiger partial charge in [0.15, 0.2) is 5.82 Å². The van der Waals surface area contributed by atoms with Crippen molar-refractivity contribution in [2.75, 3.05) is 11.9 Å². The number of aryl methyl sites for hydroxylation is 1. The summed E-state index contributed by atoms with van der Waals surface area (Å²) in [5.41, 5.74) is 1.51. The van der Waals surface area contributed by atoms with Crippen molar-refractivity contribution >= 4 is 17.4 Å². The van der Waals surface area contributed by atoms with Crippen molar-refractivity contribution in [3.63, 3.8) is 0 Å². The third kappa shape index (κ3) is 2.68. The number of pyridine rings is 1. The normalized spacial score (nSPS) is 10.4. The van der Waals surface area contributed by atoms with Gasteiger partial charge in [0.2, 0.25) is 0 Å². The van der Waals surface area contributed by atoms with Gasteiger partial charge in [-0.25, -0.2) is 4.98 Å². The number of H-pyrrole nitrogens is 1. The fraction of sp³-hybridized carbons (Fsp3) is 0.250. The summed E-state index contributed by atoms with van der Waals surface area (Å²) in [5, 5.41) is 0.0904. The number of halogens is 1. The first-order valence-corrected chi connectivity index (χ1v) is 5.82. The molecule has 6 heteroatoms. The molecule has 94 valence electrons. The summed E-state index contributed by atoms with van der Waals surface area (Å²) in [6.45, 7) is 2.47. The molecule has 0 aliphatic heterocycles. The van der Waals surface area contributed by atoms with E-state index in [-0.39, 0.29) is 10.6 Å². The van der Waals surface area contributed by atoms with E-state index in [4.69, 9.17) is 11.6 Å². The number of aromatic nitrogens is 3. The number of aromatic amines is 1. The molecule has 0 aliphatic carbocycles. The van der Waals surface area contributed by atoms with Crippen molar-refractivity contribution in [3.05, 3.63) is 51.3 Å². The van der Waals surface area contributed by atoms with Crippen LogP contribution in [0.4, 0.5) is 5.82 Å². The van der Waals surface area contributed by atoms with Crippen molar-refractivity contribution in [2.24, 2.45) is 0 Å². The van der Waals surface area contributed by atoms with Crippen LogP contribution in [0.25, 0.3) is 0 Å². The first-order chi connectivity index (χ1) is 8.58. The zero-order valence-corrected chi connectivity index (χ0v) is 10.9. The molecule has 0 radical (unpaired) electrons. The average Bonchev–Trinajstić information content (AvgIpc) is 2.32. The maximum Gasteiger partial charge on any atom is 0.271 e. The lowest BCUT2D eigenvalue weighted by Gasteiger charge is -2.18. The summed E-state index contributed by atoms with van der Waals surface area (Å²) < 4.78 is 0. The lowest BCUT2D eigenvalue weighted by atomic mass is 10.3. The maximum atomic E-state index is 11.4. The highest BCUT2D eigenvalue weighted by molar-refractivity contribution is 6.32. The topological polar surface area (TPSA) is 61.9 Å². The summed E-state index contributed by atoms with van der Waals surface area (Å²) in [6.07, 6.45) is 1.34. The van der Waals surface area contributed by atoms with Crippen molar-refractivity contribution in [1.29, 1.82) is 0 Å². The molecule has 0 bridgehead atoms. The monoisotopic (exact) mass is 264 g/mol. The Hall–Kier alpha value is -1.88. The molecule has 0 aliphatic rings. The summed E-state index contributed by atoms with van der Waals surface area (Å²) >= 11 is 5.92. The highest BCUT2D eigenvalue weighted by Gasteiger charge is 2.11. The van der Waals surface area contributed by atoms with E-state index in [9.17, 15) is 4.79 Å². The third-order valence-electron chi connectivity index (χ3n) is 2.48. The molecule has 0 unspecified atom stereocenters. The highest BCUT2D eigenvalue weighted by Crippen LogP contribution is 2.18. The molecule has 0 aromatic carbocycles. The minimum atomic E-state index is -0.342. The molecule has 0 saturated heterocycles. The van der Waals surface area contributed by atoms with Gasteiger partial charge in [-0.1, -0.05) is 17.7 Å². The number of hydrogen-bond acceptors (Lipinski definition) is 4. The van der Waals surface area contributed by atoms with E-state index < -0.39 is 0 Å². The quantitative estimate of drug-likeness (QED) is 0.918. The van der Waals surface area contributed by atoms with Crippen LogP contribution in [0.5, 0.6) is 0 Å². The van der Waals surface area contributed by atoms with Gasteiger partial charge in [0.05, 0.1) is 18.6 Å². The predicted octanol–water partition coefficient (Wildman–Crippen LogP) is 1.76. The Morgan fingerprint density at radius 1 is 1.44 bits per heavy atom. The van der Waals surface area contributed by atoms with Crippen molar-refractivity contribution in [2.45, 2.75) is 13.5 Å². The van der Waals surface area contributed by atoms with Crippen LogP contribution in [0, 0.1) is 6.92 Å². The van der Waals surface area contributed by atoms with Gasteiger partial charge in [0, 0.05) is 12.7 Å². The van der Waals surface area contributed by atoms with Crippen molar-refractivity contribution in [3.8, 4) is 0 Å². The second-order valence-electron chi connectivity index (χ2n) is 4.00. The first-order valence-electron chi connectivity index (χ1n) is 5.45. The molecule has 2 aromatic heterocycles. The van der Waals surface area contributed by atoms with E-state index in [1.54, 1.807) is 4.90 Å². The molecule has 2 heterocycles. The zero-order chi connectivity index (χ0) is 13.1. The third-order valence-corrected chi connectivity index (χ3v) is 2.83. The van der Waals surface area contributed by atoms with E-state index in [0.29, 0.717) is 12.4 Å². The van der Waals surface area contributed by atoms with E-state index in [1.165, 1.54) is 6.33 Å². The number of hydrogen-bond donors (Lipinski definition) is 1. The van der Waals surface area contributed by atoms with Crippen LogP contribution < -0.4 is 10.5 Å². The molecule has 0 fully saturated rings. The van der Waals surface area contributed by atoms with Crippen LogP contribution >= 0.6 is 11.6 Å². The van der Waals surface area contributed by atoms with Gasteiger partial charge in [-0.2, -0.15) is 0 Å². The predicted molar refractivity (Wildman–Crippen MR) is 70.9 cm³/mol. The molecule has 2 aromatic rings. The minimum Gasteiger partial charge on any atom is -0.352 e. The Kier molecular flexibility index (Phi) is 3.62. The smallest absolute Gasteiger partial charge is 0.271 e. The van der Waals surface area contributed by atoms with Crippen molar-refractivity contribution in [1.82, 2.24) is 15.0 Å². The molecule has 0 saturated carbocycles. The molecule has 0 amide bonds. The second-order valence-corrected chi connectivity index (χ2v) is 4.37. The van der Waals surface area contributed by atoms with Crippen LogP contribution in [-0.4, -0.2) is 22.0 Å². The van der Waals surface area contributed by atoms with E-state index >= 15 is 0 Å². The largest absolute Gasteiger partial charge is 0.352 e. The first kappa shape index (κ1) is 12.6. The molecular formula is C12H13ClN4O. The average molecular weight is 265 g/mol. The number of nitrogens with one attached hydrogen (secondary N) is 1. The van der Waals surface area contributed by atoms with Gasteiger partial charge < -0.3 is 9.88 Å². The molecule has 0 spiro atoms. The Bertz CT molecular complexity index is 611.